The molecule has 3 rings (SSSR count). The second-order valence-corrected chi connectivity index (χ2v) is 16.2. The molecule has 0 saturated heterocycles. The van der Waals surface area contributed by atoms with Gasteiger partial charge in [0.05, 0.1) is 30.9 Å². The number of carbonyl (C=O) groups excluding carboxylic acids is 2. The summed E-state index contributed by atoms with van der Waals surface area (Å²) in [4.78, 5) is 26.9. The summed E-state index contributed by atoms with van der Waals surface area (Å²) in [6.45, 7) is 16.2. The molecule has 7 nitrogen and oxygen atoms in total. The number of aryl methyl sites for hydroxylation is 3. The van der Waals surface area contributed by atoms with E-state index in [1.54, 1.807) is 30.3 Å². The van der Waals surface area contributed by atoms with Crippen molar-refractivity contribution < 1.29 is 33.3 Å². The van der Waals surface area contributed by atoms with Crippen molar-refractivity contribution in [2.45, 2.75) is 183 Å². The van der Waals surface area contributed by atoms with Crippen molar-refractivity contribution >= 4 is 11.9 Å². The van der Waals surface area contributed by atoms with Crippen molar-refractivity contribution in [3.63, 3.8) is 0 Å². The molecule has 0 heterocycles. The first-order valence-corrected chi connectivity index (χ1v) is 22.9. The van der Waals surface area contributed by atoms with Gasteiger partial charge in [-0.2, -0.15) is 0 Å². The fourth-order valence-electron chi connectivity index (χ4n) is 7.05. The van der Waals surface area contributed by atoms with Gasteiger partial charge >= 0.3 is 11.9 Å². The van der Waals surface area contributed by atoms with Gasteiger partial charge in [0.25, 0.3) is 0 Å². The molecule has 0 bridgehead atoms. The van der Waals surface area contributed by atoms with Gasteiger partial charge in [0.2, 0.25) is 5.75 Å². The zero-order valence-electron chi connectivity index (χ0n) is 37.4. The molecule has 3 aromatic carbocycles. The number of benzene rings is 3. The van der Waals surface area contributed by atoms with E-state index in [0.717, 1.165) is 55.2 Å². The quantitative estimate of drug-likeness (QED) is 0.0364. The summed E-state index contributed by atoms with van der Waals surface area (Å²) >= 11 is 0. The van der Waals surface area contributed by atoms with Crippen molar-refractivity contribution in [2.24, 2.45) is 0 Å². The van der Waals surface area contributed by atoms with Gasteiger partial charge in [-0.3, -0.25) is 0 Å². The first-order valence-electron chi connectivity index (χ1n) is 22.9. The highest BCUT2D eigenvalue weighted by Crippen LogP contribution is 2.40. The summed E-state index contributed by atoms with van der Waals surface area (Å²) in [6, 6.07) is 12.2. The lowest BCUT2D eigenvalue weighted by Crippen LogP contribution is -2.12. The lowest BCUT2D eigenvalue weighted by Gasteiger charge is -2.19. The first-order chi connectivity index (χ1) is 28.2. The van der Waals surface area contributed by atoms with E-state index >= 15 is 0 Å². The molecule has 0 aliphatic rings. The van der Waals surface area contributed by atoms with Gasteiger partial charge < -0.3 is 23.7 Å². The third-order valence-corrected chi connectivity index (χ3v) is 11.0. The molecule has 58 heavy (non-hydrogen) atoms. The Bertz CT molecular complexity index is 1580. The van der Waals surface area contributed by atoms with Crippen LogP contribution < -0.4 is 23.7 Å². The monoisotopic (exact) mass is 801 g/mol. The minimum atomic E-state index is -0.532. The predicted octanol–water partition coefficient (Wildman–Crippen LogP) is 14.7. The van der Waals surface area contributed by atoms with Crippen molar-refractivity contribution in [1.29, 1.82) is 0 Å². The van der Waals surface area contributed by atoms with Crippen LogP contribution in [0.25, 0.3) is 0 Å². The molecular formula is C51H76O7. The van der Waals surface area contributed by atoms with E-state index in [0.29, 0.717) is 65.3 Å². The number of unbranched alkanes of at least 4 members (excludes halogenated alkanes) is 18. The topological polar surface area (TPSA) is 80.3 Å². The van der Waals surface area contributed by atoms with Crippen molar-refractivity contribution in [1.82, 2.24) is 0 Å². The molecule has 0 atom stereocenters. The Kier molecular flexibility index (Phi) is 23.7. The summed E-state index contributed by atoms with van der Waals surface area (Å²) in [7, 11) is 0. The highest BCUT2D eigenvalue weighted by atomic mass is 16.6. The van der Waals surface area contributed by atoms with Crippen LogP contribution in [-0.4, -0.2) is 31.8 Å². The third-order valence-electron chi connectivity index (χ3n) is 11.0. The predicted molar refractivity (Wildman–Crippen MR) is 239 cm³/mol. The maximum atomic E-state index is 13.8. The van der Waals surface area contributed by atoms with Gasteiger partial charge in [0, 0.05) is 0 Å². The van der Waals surface area contributed by atoms with Gasteiger partial charge in [-0.25, -0.2) is 9.59 Å². The van der Waals surface area contributed by atoms with E-state index in [1.807, 2.05) is 39.8 Å². The van der Waals surface area contributed by atoms with E-state index in [4.69, 9.17) is 23.7 Å². The molecule has 3 aromatic rings. The molecule has 0 unspecified atom stereocenters. The van der Waals surface area contributed by atoms with Crippen LogP contribution in [0.3, 0.4) is 0 Å². The van der Waals surface area contributed by atoms with Gasteiger partial charge in [-0.05, 0) is 112 Å². The Balaban J connectivity index is 1.79. The fourth-order valence-corrected chi connectivity index (χ4v) is 7.05. The molecule has 322 valence electrons. The second kappa shape index (κ2) is 28.4. The van der Waals surface area contributed by atoms with Crippen molar-refractivity contribution in [3.8, 4) is 28.7 Å². The summed E-state index contributed by atoms with van der Waals surface area (Å²) in [6.07, 6.45) is 24.8. The molecule has 0 amide bonds. The maximum Gasteiger partial charge on any atom is 0.343 e. The molecule has 0 spiro atoms. The average molecular weight is 801 g/mol. The minimum absolute atomic E-state index is 0.325. The normalized spacial score (nSPS) is 11.1. The highest BCUT2D eigenvalue weighted by molar-refractivity contribution is 5.93. The number of esters is 2. The number of ether oxygens (including phenoxy) is 5. The summed E-state index contributed by atoms with van der Waals surface area (Å²) in [5.74, 6) is 1.38. The van der Waals surface area contributed by atoms with Gasteiger partial charge in [-0.15, -0.1) is 0 Å². The zero-order chi connectivity index (χ0) is 42.0. The van der Waals surface area contributed by atoms with Crippen LogP contribution in [0.4, 0.5) is 0 Å². The van der Waals surface area contributed by atoms with E-state index in [1.165, 1.54) is 96.3 Å². The van der Waals surface area contributed by atoms with Gasteiger partial charge in [0.1, 0.15) is 11.5 Å². The SMILES string of the molecule is CCCCCCCCCOc1cc(C(=O)Oc2ccc(OC(=O)c3cc(C)c(C)c(C)c3)c(C)c2)cc(OCCCCCCCCC)c1OCCCCCCCCC. The van der Waals surface area contributed by atoms with Crippen LogP contribution in [0.2, 0.25) is 0 Å². The van der Waals surface area contributed by atoms with Crippen LogP contribution in [0, 0.1) is 27.7 Å². The molecule has 0 fully saturated rings. The number of hydrogen-bond acceptors (Lipinski definition) is 7. The van der Waals surface area contributed by atoms with Crippen molar-refractivity contribution in [3.05, 3.63) is 75.8 Å². The molecule has 0 aliphatic carbocycles. The highest BCUT2D eigenvalue weighted by Gasteiger charge is 2.21. The Hall–Kier alpha value is -4.00. The first kappa shape index (κ1) is 48.4. The van der Waals surface area contributed by atoms with Crippen LogP contribution in [-0.2, 0) is 0 Å². The molecular weight excluding hydrogens is 725 g/mol. The molecule has 0 N–H and O–H groups in total. The van der Waals surface area contributed by atoms with Crippen LogP contribution in [0.1, 0.15) is 199 Å². The third kappa shape index (κ3) is 17.9. The van der Waals surface area contributed by atoms with Crippen LogP contribution in [0.15, 0.2) is 42.5 Å². The average Bonchev–Trinajstić information content (AvgIpc) is 3.21. The van der Waals surface area contributed by atoms with Crippen molar-refractivity contribution in [2.75, 3.05) is 19.8 Å². The Morgan fingerprint density at radius 1 is 0.414 bits per heavy atom. The molecule has 7 heteroatoms. The molecule has 0 aliphatic heterocycles. The number of carbonyl (C=O) groups is 2. The lowest BCUT2D eigenvalue weighted by molar-refractivity contribution is 0.0718. The largest absolute Gasteiger partial charge is 0.490 e. The summed E-state index contributed by atoms with van der Waals surface area (Å²) < 4.78 is 31.0. The van der Waals surface area contributed by atoms with Crippen LogP contribution >= 0.6 is 0 Å². The van der Waals surface area contributed by atoms with Gasteiger partial charge in [-0.1, -0.05) is 136 Å². The summed E-state index contributed by atoms with van der Waals surface area (Å²) in [5, 5.41) is 0. The van der Waals surface area contributed by atoms with Crippen LogP contribution in [0.5, 0.6) is 28.7 Å². The maximum absolute atomic E-state index is 13.8. The van der Waals surface area contributed by atoms with E-state index in [-0.39, 0.29) is 0 Å². The number of rotatable bonds is 31. The molecule has 0 aromatic heterocycles. The molecule has 0 saturated carbocycles. The number of hydrogen-bond donors (Lipinski definition) is 0. The Labute approximate surface area is 351 Å². The Morgan fingerprint density at radius 2 is 0.810 bits per heavy atom. The molecule has 0 radical (unpaired) electrons. The van der Waals surface area contributed by atoms with E-state index in [2.05, 4.69) is 20.8 Å². The second-order valence-electron chi connectivity index (χ2n) is 16.2. The standard InChI is InChI=1S/C51H76O7/c1-8-11-14-17-20-23-26-31-54-47-37-44(38-48(55-32-27-24-21-18-15-12-9-2)49(47)56-33-28-25-22-19-16-13-10-3)50(52)57-45-29-30-46(41(6)36-45)58-51(53)43-34-39(4)42(7)40(5)35-43/h29-30,34-38H,8-28,31-33H2,1-7H3. The van der Waals surface area contributed by atoms with E-state index < -0.39 is 11.9 Å². The zero-order valence-corrected chi connectivity index (χ0v) is 37.4. The summed E-state index contributed by atoms with van der Waals surface area (Å²) in [5.41, 5.74) is 4.73. The Morgan fingerprint density at radius 3 is 1.26 bits per heavy atom. The smallest absolute Gasteiger partial charge is 0.343 e. The van der Waals surface area contributed by atoms with E-state index in [9.17, 15) is 9.59 Å². The fraction of sp³-hybridized carbons (Fsp3) is 0.608. The lowest BCUT2D eigenvalue weighted by atomic mass is 10.0. The van der Waals surface area contributed by atoms with Gasteiger partial charge in [0.15, 0.2) is 11.5 Å². The minimum Gasteiger partial charge on any atom is -0.490 e.